The van der Waals surface area contributed by atoms with Crippen LogP contribution in [0.1, 0.15) is 0 Å². The molecule has 0 aliphatic carbocycles. The van der Waals surface area contributed by atoms with Crippen LogP contribution in [0, 0.1) is 5.82 Å². The van der Waals surface area contributed by atoms with Gasteiger partial charge in [0, 0.05) is 5.69 Å². The van der Waals surface area contributed by atoms with Gasteiger partial charge >= 0.3 is 0 Å². The zero-order valence-electron chi connectivity index (χ0n) is 11.0. The lowest BCUT2D eigenvalue weighted by molar-refractivity contribution is 0.588. The number of sulfonamides is 1. The minimum absolute atomic E-state index is 0.0860. The second kappa shape index (κ2) is 6.00. The monoisotopic (exact) mass is 373 g/mol. The smallest absolute Gasteiger partial charge is 0.240 e. The number of benzene rings is 2. The summed E-state index contributed by atoms with van der Waals surface area (Å²) in [6.45, 7) is 0. The predicted octanol–water partition coefficient (Wildman–Crippen LogP) is 2.82. The molecule has 21 heavy (non-hydrogen) atoms. The first-order chi connectivity index (χ1) is 9.83. The summed E-state index contributed by atoms with van der Waals surface area (Å²) in [7, 11) is -2.23. The van der Waals surface area contributed by atoms with Gasteiger partial charge in [0.2, 0.25) is 10.0 Å². The fourth-order valence-corrected chi connectivity index (χ4v) is 2.79. The van der Waals surface area contributed by atoms with Crippen molar-refractivity contribution in [1.29, 1.82) is 0 Å². The van der Waals surface area contributed by atoms with Crippen LogP contribution in [0.2, 0.25) is 0 Å². The Bertz CT molecular complexity index is 781. The third-order valence-electron chi connectivity index (χ3n) is 2.80. The Labute approximate surface area is 130 Å². The maximum atomic E-state index is 13.2. The average Bonchev–Trinajstić information content (AvgIpc) is 2.45. The Morgan fingerprint density at radius 2 is 1.90 bits per heavy atom. The summed E-state index contributed by atoms with van der Waals surface area (Å²) in [6.07, 6.45) is 0. The quantitative estimate of drug-likeness (QED) is 0.719. The molecule has 8 heteroatoms. The van der Waals surface area contributed by atoms with Gasteiger partial charge in [-0.15, -0.1) is 0 Å². The molecule has 0 aliphatic heterocycles. The Kier molecular flexibility index (Phi) is 4.50. The van der Waals surface area contributed by atoms with Gasteiger partial charge in [0.05, 0.1) is 20.7 Å². The molecule has 0 amide bonds. The van der Waals surface area contributed by atoms with Gasteiger partial charge in [0.25, 0.3) is 0 Å². The van der Waals surface area contributed by atoms with Gasteiger partial charge in [-0.2, -0.15) is 0 Å². The molecule has 0 unspecified atom stereocenters. The minimum Gasteiger partial charge on any atom is -0.397 e. The number of hydrogen-bond donors (Lipinski definition) is 3. The summed E-state index contributed by atoms with van der Waals surface area (Å²) in [6, 6.07) is 8.67. The molecule has 0 heterocycles. The van der Waals surface area contributed by atoms with Gasteiger partial charge in [0.1, 0.15) is 5.82 Å². The fraction of sp³-hybridized carbons (Fsp3) is 0.0769. The number of rotatable bonds is 4. The van der Waals surface area contributed by atoms with E-state index in [0.717, 1.165) is 0 Å². The number of anilines is 3. The Balaban J connectivity index is 2.39. The van der Waals surface area contributed by atoms with Crippen LogP contribution < -0.4 is 15.8 Å². The largest absolute Gasteiger partial charge is 0.397 e. The maximum Gasteiger partial charge on any atom is 0.240 e. The molecule has 0 aromatic heterocycles. The second-order valence-electron chi connectivity index (χ2n) is 4.21. The zero-order chi connectivity index (χ0) is 15.6. The van der Waals surface area contributed by atoms with Gasteiger partial charge < -0.3 is 11.1 Å². The van der Waals surface area contributed by atoms with Crippen LogP contribution in [-0.4, -0.2) is 15.5 Å². The number of nitrogens with one attached hydrogen (secondary N) is 2. The van der Waals surface area contributed by atoms with E-state index in [1.165, 1.54) is 43.4 Å². The third-order valence-corrected chi connectivity index (χ3v) is 4.82. The lowest BCUT2D eigenvalue weighted by Crippen LogP contribution is -2.18. The van der Waals surface area contributed by atoms with Gasteiger partial charge in [-0.05, 0) is 59.4 Å². The third kappa shape index (κ3) is 3.52. The molecule has 2 aromatic rings. The SMILES string of the molecule is CNS(=O)(=O)c1ccc(N)c(Nc2ccc(F)c(Br)c2)c1. The van der Waals surface area contributed by atoms with Crippen molar-refractivity contribution in [2.45, 2.75) is 4.90 Å². The van der Waals surface area contributed by atoms with E-state index in [-0.39, 0.29) is 10.7 Å². The standard InChI is InChI=1S/C13H13BrFN3O2S/c1-17-21(19,20)9-3-5-12(16)13(7-9)18-8-2-4-11(15)10(14)6-8/h2-7,17-18H,16H2,1H3. The van der Waals surface area contributed by atoms with Crippen LogP contribution in [0.15, 0.2) is 45.8 Å². The molecule has 0 aliphatic rings. The predicted molar refractivity (Wildman–Crippen MR) is 84.5 cm³/mol. The molecular weight excluding hydrogens is 361 g/mol. The van der Waals surface area contributed by atoms with Crippen molar-refractivity contribution in [1.82, 2.24) is 4.72 Å². The molecule has 0 spiro atoms. The highest BCUT2D eigenvalue weighted by atomic mass is 79.9. The molecule has 0 fully saturated rings. The molecule has 2 aromatic carbocycles. The van der Waals surface area contributed by atoms with Crippen LogP contribution in [0.4, 0.5) is 21.5 Å². The number of halogens is 2. The molecule has 0 saturated carbocycles. The fourth-order valence-electron chi connectivity index (χ4n) is 1.66. The van der Waals surface area contributed by atoms with Crippen molar-refractivity contribution in [2.75, 3.05) is 18.1 Å². The summed E-state index contributed by atoms with van der Waals surface area (Å²) in [4.78, 5) is 0.0860. The summed E-state index contributed by atoms with van der Waals surface area (Å²) < 4.78 is 39.3. The first-order valence-electron chi connectivity index (χ1n) is 5.88. The average molecular weight is 374 g/mol. The van der Waals surface area contributed by atoms with E-state index >= 15 is 0 Å². The first-order valence-corrected chi connectivity index (χ1v) is 8.16. The molecule has 2 rings (SSSR count). The van der Waals surface area contributed by atoms with Crippen molar-refractivity contribution in [3.05, 3.63) is 46.7 Å². The molecule has 0 saturated heterocycles. The topological polar surface area (TPSA) is 84.2 Å². The molecule has 4 N–H and O–H groups in total. The van der Waals surface area contributed by atoms with Crippen molar-refractivity contribution in [3.8, 4) is 0 Å². The van der Waals surface area contributed by atoms with E-state index in [1.54, 1.807) is 0 Å². The van der Waals surface area contributed by atoms with Gasteiger partial charge in [-0.1, -0.05) is 0 Å². The van der Waals surface area contributed by atoms with Crippen LogP contribution in [-0.2, 0) is 10.0 Å². The highest BCUT2D eigenvalue weighted by molar-refractivity contribution is 9.10. The molecule has 0 radical (unpaired) electrons. The highest BCUT2D eigenvalue weighted by Gasteiger charge is 2.13. The summed E-state index contributed by atoms with van der Waals surface area (Å²) in [5.74, 6) is -0.389. The molecule has 112 valence electrons. The van der Waals surface area contributed by atoms with Crippen LogP contribution >= 0.6 is 15.9 Å². The van der Waals surface area contributed by atoms with E-state index in [2.05, 4.69) is 26.0 Å². The van der Waals surface area contributed by atoms with E-state index < -0.39 is 10.0 Å². The van der Waals surface area contributed by atoms with E-state index in [9.17, 15) is 12.8 Å². The first kappa shape index (κ1) is 15.7. The van der Waals surface area contributed by atoms with Crippen LogP contribution in [0.25, 0.3) is 0 Å². The Morgan fingerprint density at radius 1 is 1.19 bits per heavy atom. The van der Waals surface area contributed by atoms with E-state index in [0.29, 0.717) is 21.5 Å². The summed E-state index contributed by atoms with van der Waals surface area (Å²) in [5, 5.41) is 2.96. The van der Waals surface area contributed by atoms with Gasteiger partial charge in [0.15, 0.2) is 0 Å². The van der Waals surface area contributed by atoms with Crippen molar-refractivity contribution < 1.29 is 12.8 Å². The Morgan fingerprint density at radius 3 is 2.52 bits per heavy atom. The van der Waals surface area contributed by atoms with Gasteiger partial charge in [-0.25, -0.2) is 17.5 Å². The maximum absolute atomic E-state index is 13.2. The van der Waals surface area contributed by atoms with Gasteiger partial charge in [-0.3, -0.25) is 0 Å². The lowest BCUT2D eigenvalue weighted by atomic mass is 10.2. The summed E-state index contributed by atoms with van der Waals surface area (Å²) >= 11 is 3.08. The number of nitrogen functional groups attached to an aromatic ring is 1. The van der Waals surface area contributed by atoms with Crippen molar-refractivity contribution in [3.63, 3.8) is 0 Å². The normalized spacial score (nSPS) is 11.4. The zero-order valence-corrected chi connectivity index (χ0v) is 13.4. The van der Waals surface area contributed by atoms with Crippen molar-refractivity contribution >= 4 is 43.0 Å². The van der Waals surface area contributed by atoms with E-state index in [4.69, 9.17) is 5.73 Å². The van der Waals surface area contributed by atoms with Crippen molar-refractivity contribution in [2.24, 2.45) is 0 Å². The minimum atomic E-state index is -3.56. The molecule has 5 nitrogen and oxygen atoms in total. The molecular formula is C13H13BrFN3O2S. The number of hydrogen-bond acceptors (Lipinski definition) is 4. The summed E-state index contributed by atoms with van der Waals surface area (Å²) in [5.41, 5.74) is 7.21. The highest BCUT2D eigenvalue weighted by Crippen LogP contribution is 2.28. The molecule has 0 bridgehead atoms. The Hall–Kier alpha value is -1.64. The van der Waals surface area contributed by atoms with Crippen LogP contribution in [0.3, 0.4) is 0 Å². The van der Waals surface area contributed by atoms with E-state index in [1.807, 2.05) is 0 Å². The van der Waals surface area contributed by atoms with Crippen LogP contribution in [0.5, 0.6) is 0 Å². The second-order valence-corrected chi connectivity index (χ2v) is 6.95. The lowest BCUT2D eigenvalue weighted by Gasteiger charge is -2.12. The number of nitrogens with two attached hydrogens (primary N) is 1. The molecule has 0 atom stereocenters.